The van der Waals surface area contributed by atoms with Crippen molar-refractivity contribution in [3.05, 3.63) is 53.0 Å². The molecule has 3 rings (SSSR count). The minimum atomic E-state index is 0.411. The first-order chi connectivity index (χ1) is 10.2. The lowest BCUT2D eigenvalue weighted by atomic mass is 10.0. The number of nitrogens with one attached hydrogen (secondary N) is 1. The van der Waals surface area contributed by atoms with E-state index in [1.54, 1.807) is 6.33 Å². The van der Waals surface area contributed by atoms with Crippen LogP contribution in [0.25, 0.3) is 0 Å². The molecule has 1 aromatic heterocycles. The van der Waals surface area contributed by atoms with Gasteiger partial charge in [0.05, 0.1) is 12.3 Å². The number of anilines is 1. The van der Waals surface area contributed by atoms with Gasteiger partial charge in [0.2, 0.25) is 0 Å². The summed E-state index contributed by atoms with van der Waals surface area (Å²) in [6, 6.07) is 8.56. The number of aromatic nitrogens is 2. The van der Waals surface area contributed by atoms with Gasteiger partial charge in [0.15, 0.2) is 0 Å². The second kappa shape index (κ2) is 6.22. The lowest BCUT2D eigenvalue weighted by Crippen LogP contribution is -2.06. The Kier molecular flexibility index (Phi) is 4.15. The molecule has 2 aromatic rings. The van der Waals surface area contributed by atoms with E-state index in [4.69, 9.17) is 4.74 Å². The zero-order valence-corrected chi connectivity index (χ0v) is 12.6. The van der Waals surface area contributed by atoms with E-state index >= 15 is 0 Å². The fraction of sp³-hybridized carbons (Fsp3) is 0.412. The summed E-state index contributed by atoms with van der Waals surface area (Å²) < 4.78 is 5.43. The van der Waals surface area contributed by atoms with Crippen LogP contribution in [0.2, 0.25) is 0 Å². The molecule has 0 saturated carbocycles. The summed E-state index contributed by atoms with van der Waals surface area (Å²) in [6.45, 7) is 6.64. The number of hydrogen-bond acceptors (Lipinski definition) is 4. The van der Waals surface area contributed by atoms with Gasteiger partial charge in [-0.25, -0.2) is 9.97 Å². The summed E-state index contributed by atoms with van der Waals surface area (Å²) in [4.78, 5) is 8.69. The fourth-order valence-electron chi connectivity index (χ4n) is 2.64. The molecule has 1 aromatic carbocycles. The quantitative estimate of drug-likeness (QED) is 0.936. The molecular formula is C17H21N3O. The molecule has 0 spiro atoms. The maximum absolute atomic E-state index is 5.43. The minimum absolute atomic E-state index is 0.411. The van der Waals surface area contributed by atoms with Gasteiger partial charge in [-0.15, -0.1) is 0 Å². The smallest absolute Gasteiger partial charge is 0.129 e. The molecule has 4 nitrogen and oxygen atoms in total. The molecule has 0 amide bonds. The van der Waals surface area contributed by atoms with Crippen LogP contribution in [0.5, 0.6) is 0 Å². The van der Waals surface area contributed by atoms with Crippen molar-refractivity contribution in [2.45, 2.75) is 32.7 Å². The van der Waals surface area contributed by atoms with Gasteiger partial charge in [0.25, 0.3) is 0 Å². The zero-order valence-electron chi connectivity index (χ0n) is 12.6. The Morgan fingerprint density at radius 3 is 2.95 bits per heavy atom. The third-order valence-corrected chi connectivity index (χ3v) is 4.00. The van der Waals surface area contributed by atoms with E-state index in [0.29, 0.717) is 5.92 Å². The molecule has 1 N–H and O–H groups in total. The highest BCUT2D eigenvalue weighted by atomic mass is 16.5. The number of hydrogen-bond donors (Lipinski definition) is 1. The maximum Gasteiger partial charge on any atom is 0.129 e. The Morgan fingerprint density at radius 2 is 2.14 bits per heavy atom. The first-order valence-corrected chi connectivity index (χ1v) is 7.42. The number of benzene rings is 1. The van der Waals surface area contributed by atoms with E-state index in [2.05, 4.69) is 47.3 Å². The van der Waals surface area contributed by atoms with Gasteiger partial charge in [-0.1, -0.05) is 23.8 Å². The normalized spacial score (nSPS) is 17.9. The molecule has 1 fully saturated rings. The van der Waals surface area contributed by atoms with Crippen LogP contribution >= 0.6 is 0 Å². The third kappa shape index (κ3) is 3.39. The predicted molar refractivity (Wildman–Crippen MR) is 83.5 cm³/mol. The average molecular weight is 283 g/mol. The lowest BCUT2D eigenvalue weighted by molar-refractivity contribution is 0.193. The predicted octanol–water partition coefficient (Wildman–Crippen LogP) is 3.21. The molecule has 110 valence electrons. The number of aryl methyl sites for hydroxylation is 2. The van der Waals surface area contributed by atoms with Crippen molar-refractivity contribution >= 4 is 5.82 Å². The first kappa shape index (κ1) is 14.0. The van der Waals surface area contributed by atoms with Crippen molar-refractivity contribution in [1.29, 1.82) is 0 Å². The zero-order chi connectivity index (χ0) is 14.7. The summed E-state index contributed by atoms with van der Waals surface area (Å²) in [5.41, 5.74) is 4.96. The fourth-order valence-corrected chi connectivity index (χ4v) is 2.64. The summed E-state index contributed by atoms with van der Waals surface area (Å²) in [6.07, 6.45) is 2.69. The largest absolute Gasteiger partial charge is 0.381 e. The van der Waals surface area contributed by atoms with Gasteiger partial charge in [0.1, 0.15) is 12.1 Å². The highest BCUT2D eigenvalue weighted by Gasteiger charge is 2.19. The number of rotatable bonds is 4. The molecule has 21 heavy (non-hydrogen) atoms. The van der Waals surface area contributed by atoms with Crippen LogP contribution in [-0.2, 0) is 11.3 Å². The van der Waals surface area contributed by atoms with Crippen LogP contribution in [0.3, 0.4) is 0 Å². The molecule has 1 aliphatic heterocycles. The second-order valence-corrected chi connectivity index (χ2v) is 5.67. The first-order valence-electron chi connectivity index (χ1n) is 7.42. The van der Waals surface area contributed by atoms with Crippen molar-refractivity contribution in [2.24, 2.45) is 0 Å². The van der Waals surface area contributed by atoms with Crippen molar-refractivity contribution in [3.8, 4) is 0 Å². The van der Waals surface area contributed by atoms with Crippen LogP contribution in [0.4, 0.5) is 5.82 Å². The van der Waals surface area contributed by atoms with Crippen LogP contribution in [-0.4, -0.2) is 23.2 Å². The van der Waals surface area contributed by atoms with E-state index in [1.807, 2.05) is 6.07 Å². The SMILES string of the molecule is Cc1ccc(C)c(CNc2cc(C3CCOC3)ncn2)c1. The molecule has 2 heterocycles. The van der Waals surface area contributed by atoms with Gasteiger partial charge < -0.3 is 10.1 Å². The van der Waals surface area contributed by atoms with E-state index in [0.717, 1.165) is 37.7 Å². The van der Waals surface area contributed by atoms with Crippen molar-refractivity contribution in [3.63, 3.8) is 0 Å². The number of nitrogens with zero attached hydrogens (tertiary/aromatic N) is 2. The Morgan fingerprint density at radius 1 is 1.24 bits per heavy atom. The van der Waals surface area contributed by atoms with Crippen molar-refractivity contribution in [1.82, 2.24) is 9.97 Å². The van der Waals surface area contributed by atoms with Crippen LogP contribution in [0, 0.1) is 13.8 Å². The van der Waals surface area contributed by atoms with Crippen molar-refractivity contribution in [2.75, 3.05) is 18.5 Å². The topological polar surface area (TPSA) is 47.0 Å². The molecule has 1 atom stereocenters. The van der Waals surface area contributed by atoms with E-state index < -0.39 is 0 Å². The monoisotopic (exact) mass is 283 g/mol. The van der Waals surface area contributed by atoms with E-state index in [9.17, 15) is 0 Å². The molecule has 1 unspecified atom stereocenters. The Bertz CT molecular complexity index is 621. The van der Waals surface area contributed by atoms with Crippen LogP contribution in [0.15, 0.2) is 30.6 Å². The second-order valence-electron chi connectivity index (χ2n) is 5.67. The minimum Gasteiger partial charge on any atom is -0.381 e. The van der Waals surface area contributed by atoms with Crippen LogP contribution < -0.4 is 5.32 Å². The lowest BCUT2D eigenvalue weighted by Gasteiger charge is -2.11. The molecule has 0 radical (unpaired) electrons. The number of ether oxygens (including phenoxy) is 1. The van der Waals surface area contributed by atoms with Crippen LogP contribution in [0.1, 0.15) is 34.7 Å². The van der Waals surface area contributed by atoms with Crippen molar-refractivity contribution < 1.29 is 4.74 Å². The highest BCUT2D eigenvalue weighted by Crippen LogP contribution is 2.24. The molecule has 4 heteroatoms. The Balaban J connectivity index is 1.70. The molecular weight excluding hydrogens is 262 g/mol. The average Bonchev–Trinajstić information content (AvgIpc) is 3.03. The highest BCUT2D eigenvalue weighted by molar-refractivity contribution is 5.39. The summed E-state index contributed by atoms with van der Waals surface area (Å²) >= 11 is 0. The molecule has 0 bridgehead atoms. The summed E-state index contributed by atoms with van der Waals surface area (Å²) in [7, 11) is 0. The van der Waals surface area contributed by atoms with Gasteiger partial charge in [-0.3, -0.25) is 0 Å². The summed E-state index contributed by atoms with van der Waals surface area (Å²) in [5, 5.41) is 3.40. The molecule has 1 saturated heterocycles. The van der Waals surface area contributed by atoms with Gasteiger partial charge in [0, 0.05) is 25.1 Å². The standard InChI is InChI=1S/C17H21N3O/c1-12-3-4-13(2)15(7-12)9-18-17-8-16(19-11-20-17)14-5-6-21-10-14/h3-4,7-8,11,14H,5-6,9-10H2,1-2H3,(H,18,19,20). The summed E-state index contributed by atoms with van der Waals surface area (Å²) in [5.74, 6) is 1.29. The van der Waals surface area contributed by atoms with Gasteiger partial charge >= 0.3 is 0 Å². The van der Waals surface area contributed by atoms with Gasteiger partial charge in [-0.05, 0) is 31.4 Å². The molecule has 1 aliphatic rings. The van der Waals surface area contributed by atoms with Gasteiger partial charge in [-0.2, -0.15) is 0 Å². The Hall–Kier alpha value is -1.94. The van der Waals surface area contributed by atoms with E-state index in [1.165, 1.54) is 16.7 Å². The maximum atomic E-state index is 5.43. The van der Waals surface area contributed by atoms with E-state index in [-0.39, 0.29) is 0 Å². The third-order valence-electron chi connectivity index (χ3n) is 4.00. The Labute approximate surface area is 125 Å². The molecule has 0 aliphatic carbocycles.